The van der Waals surface area contributed by atoms with E-state index in [9.17, 15) is 0 Å². The van der Waals surface area contributed by atoms with Crippen LogP contribution in [0.2, 0.25) is 0 Å². The van der Waals surface area contributed by atoms with Gasteiger partial charge in [-0.2, -0.15) is 0 Å². The number of hydrogen-bond donors (Lipinski definition) is 0. The lowest BCUT2D eigenvalue weighted by Gasteiger charge is -2.15. The highest BCUT2D eigenvalue weighted by Crippen LogP contribution is 2.29. The smallest absolute Gasteiger partial charge is 0.00853 e. The van der Waals surface area contributed by atoms with Gasteiger partial charge in [-0.1, -0.05) is 48.6 Å². The van der Waals surface area contributed by atoms with Gasteiger partial charge in [-0.3, -0.25) is 0 Å². The molecule has 2 aromatic carbocycles. The molecule has 4 bridgehead atoms. The average Bonchev–Trinajstić information content (AvgIpc) is 2.91. The summed E-state index contributed by atoms with van der Waals surface area (Å²) in [5, 5.41) is 0. The van der Waals surface area contributed by atoms with E-state index in [1.807, 2.05) is 0 Å². The van der Waals surface area contributed by atoms with Crippen LogP contribution in [0.15, 0.2) is 42.5 Å². The molecule has 0 spiro atoms. The van der Waals surface area contributed by atoms with Gasteiger partial charge in [-0.25, -0.2) is 0 Å². The van der Waals surface area contributed by atoms with Gasteiger partial charge < -0.3 is 0 Å². The predicted octanol–water partition coefficient (Wildman–Crippen LogP) is 4.14. The third kappa shape index (κ3) is 1.92. The lowest BCUT2D eigenvalue weighted by atomic mass is 9.90. The highest BCUT2D eigenvalue weighted by Gasteiger charge is 2.15. The van der Waals surface area contributed by atoms with Crippen molar-refractivity contribution in [3.8, 4) is 0 Å². The lowest BCUT2D eigenvalue weighted by Crippen LogP contribution is -2.03. The first-order valence-corrected chi connectivity index (χ1v) is 7.28. The summed E-state index contributed by atoms with van der Waals surface area (Å²) in [5.74, 6) is 0. The fraction of sp³-hybridized carbons (Fsp3) is 0.263. The second-order valence-electron chi connectivity index (χ2n) is 5.70. The molecule has 19 heavy (non-hydrogen) atoms. The Labute approximate surface area is 114 Å². The molecule has 0 N–H and O–H groups in total. The normalized spacial score (nSPS) is 16.2. The molecule has 0 amide bonds. The number of benzene rings is 2. The summed E-state index contributed by atoms with van der Waals surface area (Å²) < 4.78 is 0. The van der Waals surface area contributed by atoms with Gasteiger partial charge in [-0.15, -0.1) is 0 Å². The molecule has 0 radical (unpaired) electrons. The monoisotopic (exact) mass is 246 g/mol. The molecular weight excluding hydrogens is 228 g/mol. The van der Waals surface area contributed by atoms with Gasteiger partial charge in [0.2, 0.25) is 0 Å². The van der Waals surface area contributed by atoms with Gasteiger partial charge in [0.15, 0.2) is 0 Å². The summed E-state index contributed by atoms with van der Waals surface area (Å²) in [6.45, 7) is 0. The van der Waals surface area contributed by atoms with E-state index >= 15 is 0 Å². The van der Waals surface area contributed by atoms with Crippen molar-refractivity contribution in [3.63, 3.8) is 0 Å². The van der Waals surface area contributed by atoms with Crippen LogP contribution in [0.4, 0.5) is 0 Å². The minimum atomic E-state index is 1.14. The van der Waals surface area contributed by atoms with Crippen molar-refractivity contribution in [1.29, 1.82) is 0 Å². The molecular formula is C19H18. The van der Waals surface area contributed by atoms with Gasteiger partial charge in [0.25, 0.3) is 0 Å². The molecule has 0 aromatic heterocycles. The van der Waals surface area contributed by atoms with Crippen molar-refractivity contribution < 1.29 is 0 Å². The second-order valence-corrected chi connectivity index (χ2v) is 5.70. The molecule has 0 heteroatoms. The number of allylic oxidation sites excluding steroid dienone is 1. The Hall–Kier alpha value is -1.82. The number of rotatable bonds is 0. The van der Waals surface area contributed by atoms with Crippen LogP contribution in [0.1, 0.15) is 33.4 Å². The van der Waals surface area contributed by atoms with Gasteiger partial charge >= 0.3 is 0 Å². The summed E-state index contributed by atoms with van der Waals surface area (Å²) in [5.41, 5.74) is 9.11. The van der Waals surface area contributed by atoms with Crippen LogP contribution in [-0.4, -0.2) is 0 Å². The zero-order valence-electron chi connectivity index (χ0n) is 11.2. The quantitative estimate of drug-likeness (QED) is 0.655. The first kappa shape index (κ1) is 11.0. The highest BCUT2D eigenvalue weighted by atomic mass is 14.2. The molecule has 0 fully saturated rings. The molecule has 0 heterocycles. The summed E-state index contributed by atoms with van der Waals surface area (Å²) in [4.78, 5) is 0. The van der Waals surface area contributed by atoms with Crippen LogP contribution >= 0.6 is 0 Å². The molecule has 2 aromatic rings. The van der Waals surface area contributed by atoms with Crippen LogP contribution in [0, 0.1) is 0 Å². The van der Waals surface area contributed by atoms with Gasteiger partial charge in [0, 0.05) is 0 Å². The number of aryl methyl sites for hydroxylation is 4. The Kier molecular flexibility index (Phi) is 2.55. The summed E-state index contributed by atoms with van der Waals surface area (Å²) in [7, 11) is 0. The molecule has 0 atom stereocenters. The maximum atomic E-state index is 2.37. The minimum absolute atomic E-state index is 1.14. The third-order valence-corrected chi connectivity index (χ3v) is 4.54. The maximum absolute atomic E-state index is 2.37. The van der Waals surface area contributed by atoms with Crippen molar-refractivity contribution in [2.24, 2.45) is 0 Å². The Bertz CT molecular complexity index is 644. The zero-order valence-corrected chi connectivity index (χ0v) is 11.2. The zero-order chi connectivity index (χ0) is 12.7. The van der Waals surface area contributed by atoms with E-state index in [4.69, 9.17) is 0 Å². The first-order chi connectivity index (χ1) is 9.40. The third-order valence-electron chi connectivity index (χ3n) is 4.54. The van der Waals surface area contributed by atoms with E-state index in [0.29, 0.717) is 0 Å². The van der Waals surface area contributed by atoms with E-state index in [1.165, 1.54) is 28.7 Å². The fourth-order valence-electron chi connectivity index (χ4n) is 3.38. The summed E-state index contributed by atoms with van der Waals surface area (Å²) >= 11 is 0. The van der Waals surface area contributed by atoms with Crippen LogP contribution in [0.5, 0.6) is 0 Å². The molecule has 7 rings (SSSR count). The maximum Gasteiger partial charge on any atom is -0.00853 e. The molecule has 0 unspecified atom stereocenters. The molecule has 94 valence electrons. The lowest BCUT2D eigenvalue weighted by molar-refractivity contribution is 0.907. The number of hydrogen-bond acceptors (Lipinski definition) is 0. The molecule has 0 aliphatic heterocycles. The summed E-state index contributed by atoms with van der Waals surface area (Å²) in [6, 6.07) is 14.0. The molecule has 5 aliphatic rings. The topological polar surface area (TPSA) is 0 Å². The largest absolute Gasteiger partial charge is 0.0795 e. The minimum Gasteiger partial charge on any atom is -0.0795 e. The fourth-order valence-corrected chi connectivity index (χ4v) is 3.38. The van der Waals surface area contributed by atoms with E-state index in [0.717, 1.165) is 25.7 Å². The van der Waals surface area contributed by atoms with Crippen molar-refractivity contribution in [3.05, 3.63) is 75.9 Å². The van der Waals surface area contributed by atoms with Crippen LogP contribution < -0.4 is 0 Å². The summed E-state index contributed by atoms with van der Waals surface area (Å²) in [6.07, 6.45) is 10.4. The van der Waals surface area contributed by atoms with Gasteiger partial charge in [-0.05, 0) is 65.5 Å². The molecule has 5 aliphatic carbocycles. The van der Waals surface area contributed by atoms with E-state index in [2.05, 4.69) is 48.6 Å². The second kappa shape index (κ2) is 4.38. The van der Waals surface area contributed by atoms with E-state index in [-0.39, 0.29) is 0 Å². The predicted molar refractivity (Wildman–Crippen MR) is 80.4 cm³/mol. The highest BCUT2D eigenvalue weighted by molar-refractivity contribution is 5.65. The first-order valence-electron chi connectivity index (χ1n) is 7.28. The Morgan fingerprint density at radius 2 is 1.26 bits per heavy atom. The van der Waals surface area contributed by atoms with Crippen molar-refractivity contribution in [2.45, 2.75) is 32.1 Å². The SMILES string of the molecule is C1=Cc2c3ccc(c2C1)CCc1ccc(cc1)CC3. The molecule has 0 saturated carbocycles. The average molecular weight is 246 g/mol. The van der Waals surface area contributed by atoms with Crippen molar-refractivity contribution in [1.82, 2.24) is 0 Å². The van der Waals surface area contributed by atoms with E-state index in [1.54, 1.807) is 11.1 Å². The molecule has 0 saturated heterocycles. The van der Waals surface area contributed by atoms with E-state index < -0.39 is 0 Å². The van der Waals surface area contributed by atoms with Crippen LogP contribution in [0.3, 0.4) is 0 Å². The Morgan fingerprint density at radius 3 is 2.00 bits per heavy atom. The standard InChI is InChI=1S/C19H18/c1-2-18-16-10-8-14-4-6-15(7-5-14)9-11-17(13-12-16)19(18)3-1/h1-2,4-7,12-13H,3,8-11H2. The van der Waals surface area contributed by atoms with Crippen molar-refractivity contribution in [2.75, 3.05) is 0 Å². The van der Waals surface area contributed by atoms with Crippen molar-refractivity contribution >= 4 is 6.08 Å². The Morgan fingerprint density at radius 1 is 0.632 bits per heavy atom. The Balaban J connectivity index is 1.82. The van der Waals surface area contributed by atoms with Gasteiger partial charge in [0.05, 0.1) is 0 Å². The van der Waals surface area contributed by atoms with Crippen LogP contribution in [-0.2, 0) is 32.1 Å². The van der Waals surface area contributed by atoms with Crippen LogP contribution in [0.25, 0.3) is 6.08 Å². The van der Waals surface area contributed by atoms with Gasteiger partial charge in [0.1, 0.15) is 0 Å². The molecule has 0 nitrogen and oxygen atoms in total.